The lowest BCUT2D eigenvalue weighted by Gasteiger charge is -2.06. The van der Waals surface area contributed by atoms with E-state index in [-0.39, 0.29) is 4.83 Å². The van der Waals surface area contributed by atoms with Gasteiger partial charge < -0.3 is 0 Å². The van der Waals surface area contributed by atoms with Crippen LogP contribution in [0.1, 0.15) is 16.0 Å². The number of benzene rings is 1. The number of hydrogen-bond acceptors (Lipinski definition) is 2. The molecule has 86 valence electrons. The smallest absolute Gasteiger partial charge is 0.0666 e. The molecule has 0 aliphatic heterocycles. The summed E-state index contributed by atoms with van der Waals surface area (Å²) in [7, 11) is 0. The third-order valence-corrected chi connectivity index (χ3v) is 6.38. The lowest BCUT2D eigenvalue weighted by Crippen LogP contribution is -1.88. The van der Waals surface area contributed by atoms with E-state index in [1.54, 1.807) is 22.7 Å². The monoisotopic (exact) mass is 386 g/mol. The van der Waals surface area contributed by atoms with E-state index in [0.717, 1.165) is 0 Å². The lowest BCUT2D eigenvalue weighted by molar-refractivity contribution is 1.23. The quantitative estimate of drug-likeness (QED) is 0.458. The van der Waals surface area contributed by atoms with Crippen LogP contribution in [0, 0.1) is 0 Å². The maximum Gasteiger partial charge on any atom is 0.0666 e. The Hall–Kier alpha value is -0.160. The van der Waals surface area contributed by atoms with E-state index >= 15 is 0 Å². The van der Waals surface area contributed by atoms with Crippen molar-refractivity contribution in [1.29, 1.82) is 0 Å². The highest BCUT2D eigenvalue weighted by Crippen LogP contribution is 2.41. The lowest BCUT2D eigenvalue weighted by atomic mass is 10.1. The number of alkyl halides is 1. The number of thiophene rings is 2. The van der Waals surface area contributed by atoms with Crippen molar-refractivity contribution in [2.75, 3.05) is 0 Å². The Labute approximate surface area is 125 Å². The Balaban J connectivity index is 2.15. The van der Waals surface area contributed by atoms with E-state index in [1.165, 1.54) is 25.7 Å². The molecule has 0 amide bonds. The normalized spacial score (nSPS) is 13.1. The van der Waals surface area contributed by atoms with Crippen LogP contribution < -0.4 is 0 Å². The van der Waals surface area contributed by atoms with E-state index in [4.69, 9.17) is 0 Å². The molecule has 0 fully saturated rings. The summed E-state index contributed by atoms with van der Waals surface area (Å²) < 4.78 is 2.50. The number of fused-ring (bicyclic) bond motifs is 1. The summed E-state index contributed by atoms with van der Waals surface area (Å²) in [6.45, 7) is 0. The summed E-state index contributed by atoms with van der Waals surface area (Å²) >= 11 is 10.9. The third-order valence-electron chi connectivity index (χ3n) is 2.69. The van der Waals surface area contributed by atoms with Crippen LogP contribution in [-0.2, 0) is 0 Å². The van der Waals surface area contributed by atoms with Gasteiger partial charge in [-0.1, -0.05) is 28.1 Å². The van der Waals surface area contributed by atoms with Crippen LogP contribution in [0.5, 0.6) is 0 Å². The van der Waals surface area contributed by atoms with Crippen LogP contribution in [0.3, 0.4) is 0 Å². The fourth-order valence-corrected chi connectivity index (χ4v) is 5.18. The zero-order valence-electron chi connectivity index (χ0n) is 8.69. The standard InChI is InChI=1S/C13H8Br2S2/c14-11-3-1-2-9-10(7-17-13(9)11)12(15)8-4-5-16-6-8/h1-7,12H. The summed E-state index contributed by atoms with van der Waals surface area (Å²) in [6.07, 6.45) is 0. The van der Waals surface area contributed by atoms with Gasteiger partial charge in [-0.25, -0.2) is 0 Å². The highest BCUT2D eigenvalue weighted by Gasteiger charge is 2.16. The maximum absolute atomic E-state index is 3.80. The van der Waals surface area contributed by atoms with Crippen molar-refractivity contribution in [1.82, 2.24) is 0 Å². The zero-order valence-corrected chi connectivity index (χ0v) is 13.5. The molecule has 1 atom stereocenters. The Morgan fingerprint density at radius 1 is 1.12 bits per heavy atom. The van der Waals surface area contributed by atoms with Crippen molar-refractivity contribution in [3.05, 3.63) is 56.0 Å². The van der Waals surface area contributed by atoms with E-state index in [2.05, 4.69) is 72.3 Å². The highest BCUT2D eigenvalue weighted by atomic mass is 79.9. The second-order valence-corrected chi connectivity index (χ2v) is 7.16. The van der Waals surface area contributed by atoms with Gasteiger partial charge in [0.1, 0.15) is 0 Å². The fraction of sp³-hybridized carbons (Fsp3) is 0.0769. The predicted octanol–water partition coefficient (Wildman–Crippen LogP) is 6.21. The summed E-state index contributed by atoms with van der Waals surface area (Å²) in [5.41, 5.74) is 2.68. The SMILES string of the molecule is Brc1cccc2c(C(Br)c3ccsc3)csc12. The second kappa shape index (κ2) is 4.84. The Bertz CT molecular complexity index is 641. The van der Waals surface area contributed by atoms with Crippen molar-refractivity contribution in [3.8, 4) is 0 Å². The molecule has 1 aromatic carbocycles. The molecular formula is C13H8Br2S2. The molecule has 2 aromatic heterocycles. The first-order chi connectivity index (χ1) is 8.27. The molecule has 1 unspecified atom stereocenters. The Kier molecular flexibility index (Phi) is 3.39. The Morgan fingerprint density at radius 2 is 2.00 bits per heavy atom. The van der Waals surface area contributed by atoms with Gasteiger partial charge in [0, 0.05) is 9.17 Å². The largest absolute Gasteiger partial charge is 0.152 e. The predicted molar refractivity (Wildman–Crippen MR) is 84.6 cm³/mol. The van der Waals surface area contributed by atoms with Crippen molar-refractivity contribution >= 4 is 64.6 Å². The second-order valence-electron chi connectivity index (χ2n) is 3.73. The van der Waals surface area contributed by atoms with Crippen LogP contribution in [0.25, 0.3) is 10.1 Å². The first-order valence-electron chi connectivity index (χ1n) is 5.09. The molecule has 0 bridgehead atoms. The summed E-state index contributed by atoms with van der Waals surface area (Å²) in [5.74, 6) is 0. The molecule has 2 heterocycles. The number of hydrogen-bond donors (Lipinski definition) is 0. The molecule has 0 radical (unpaired) electrons. The van der Waals surface area contributed by atoms with Gasteiger partial charge in [0.05, 0.1) is 4.83 Å². The van der Waals surface area contributed by atoms with E-state index < -0.39 is 0 Å². The van der Waals surface area contributed by atoms with Crippen molar-refractivity contribution in [3.63, 3.8) is 0 Å². The molecule has 3 aromatic rings. The van der Waals surface area contributed by atoms with E-state index in [1.807, 2.05) is 0 Å². The first kappa shape index (κ1) is 11.9. The molecule has 0 aliphatic rings. The van der Waals surface area contributed by atoms with Gasteiger partial charge in [0.2, 0.25) is 0 Å². The zero-order chi connectivity index (χ0) is 11.8. The molecule has 0 saturated heterocycles. The van der Waals surface area contributed by atoms with Crippen LogP contribution in [0.15, 0.2) is 44.9 Å². The molecule has 0 saturated carbocycles. The summed E-state index contributed by atoms with van der Waals surface area (Å²) in [5, 5.41) is 7.89. The third kappa shape index (κ3) is 2.12. The summed E-state index contributed by atoms with van der Waals surface area (Å²) in [6, 6.07) is 8.55. The van der Waals surface area contributed by atoms with Gasteiger partial charge in [0.15, 0.2) is 0 Å². The maximum atomic E-state index is 3.80. The first-order valence-corrected chi connectivity index (χ1v) is 8.62. The van der Waals surface area contributed by atoms with Crippen molar-refractivity contribution in [2.45, 2.75) is 4.83 Å². The molecule has 0 nitrogen and oxygen atoms in total. The fourth-order valence-electron chi connectivity index (χ4n) is 1.84. The van der Waals surface area contributed by atoms with Gasteiger partial charge in [-0.2, -0.15) is 11.3 Å². The average Bonchev–Trinajstić information content (AvgIpc) is 2.98. The highest BCUT2D eigenvalue weighted by molar-refractivity contribution is 9.10. The molecule has 4 heteroatoms. The van der Waals surface area contributed by atoms with Gasteiger partial charge in [-0.15, -0.1) is 11.3 Å². The van der Waals surface area contributed by atoms with Crippen LogP contribution in [0.4, 0.5) is 0 Å². The van der Waals surface area contributed by atoms with E-state index in [9.17, 15) is 0 Å². The van der Waals surface area contributed by atoms with Crippen molar-refractivity contribution < 1.29 is 0 Å². The number of rotatable bonds is 2. The van der Waals surface area contributed by atoms with Gasteiger partial charge in [-0.05, 0) is 60.7 Å². The summed E-state index contributed by atoms with van der Waals surface area (Å²) in [4.78, 5) is 0.289. The van der Waals surface area contributed by atoms with Crippen LogP contribution in [0.2, 0.25) is 0 Å². The number of halogens is 2. The Morgan fingerprint density at radius 3 is 2.76 bits per heavy atom. The van der Waals surface area contributed by atoms with Crippen molar-refractivity contribution in [2.24, 2.45) is 0 Å². The average molecular weight is 388 g/mol. The van der Waals surface area contributed by atoms with Crippen LogP contribution >= 0.6 is 54.5 Å². The molecule has 17 heavy (non-hydrogen) atoms. The minimum Gasteiger partial charge on any atom is -0.152 e. The van der Waals surface area contributed by atoms with Crippen LogP contribution in [-0.4, -0.2) is 0 Å². The van der Waals surface area contributed by atoms with Gasteiger partial charge >= 0.3 is 0 Å². The topological polar surface area (TPSA) is 0 Å². The minimum absolute atomic E-state index is 0.289. The van der Waals surface area contributed by atoms with E-state index in [0.29, 0.717) is 0 Å². The molecule has 0 aliphatic carbocycles. The van der Waals surface area contributed by atoms with Gasteiger partial charge in [-0.3, -0.25) is 0 Å². The molecule has 3 rings (SSSR count). The molecular weight excluding hydrogens is 380 g/mol. The van der Waals surface area contributed by atoms with Gasteiger partial charge in [0.25, 0.3) is 0 Å². The minimum atomic E-state index is 0.289. The molecule has 0 N–H and O–H groups in total. The molecule has 0 spiro atoms.